The molecule has 26 nitrogen and oxygen atoms in total. The highest BCUT2D eigenvalue weighted by molar-refractivity contribution is 5.86. The average Bonchev–Trinajstić information content (AvgIpc) is 1.57. The predicted octanol–water partition coefficient (Wildman–Crippen LogP) is 12.9. The number of aromatic nitrogens is 12. The lowest BCUT2D eigenvalue weighted by molar-refractivity contribution is 0.0193. The Labute approximate surface area is 626 Å². The lowest BCUT2D eigenvalue weighted by Gasteiger charge is -2.38. The quantitative estimate of drug-likeness (QED) is 0.0508. The van der Waals surface area contributed by atoms with E-state index in [0.29, 0.717) is 48.9 Å². The van der Waals surface area contributed by atoms with Crippen molar-refractivity contribution in [1.82, 2.24) is 69.5 Å². The van der Waals surface area contributed by atoms with Crippen LogP contribution in [0.1, 0.15) is 48.0 Å². The molecule has 3 N–H and O–H groups in total. The van der Waals surface area contributed by atoms with E-state index in [0.717, 1.165) is 164 Å². The fourth-order valence-electron chi connectivity index (χ4n) is 13.5. The number of aliphatic hydroxyl groups is 2. The van der Waals surface area contributed by atoms with Gasteiger partial charge in [0.15, 0.2) is 0 Å². The third-order valence-corrected chi connectivity index (χ3v) is 18.8. The molecule has 26 heteroatoms. The van der Waals surface area contributed by atoms with Gasteiger partial charge in [-0.3, -0.25) is 29.0 Å². The number of aliphatic hydroxyl groups excluding tert-OH is 1. The lowest BCUT2D eigenvalue weighted by atomic mass is 9.91. The molecule has 2 aliphatic rings. The molecule has 564 valence electrons. The number of methoxy groups -OCH3 is 7. The molecule has 2 fully saturated rings. The van der Waals surface area contributed by atoms with E-state index in [4.69, 9.17) is 48.1 Å². The molecule has 0 aliphatic carbocycles. The number of fused-ring (bicyclic) bond motifs is 3. The van der Waals surface area contributed by atoms with Gasteiger partial charge in [0.05, 0.1) is 161 Å². The van der Waals surface area contributed by atoms with Crippen molar-refractivity contribution in [2.45, 2.75) is 59.7 Å². The summed E-state index contributed by atoms with van der Waals surface area (Å²) in [4.78, 5) is 37.4. The first kappa shape index (κ1) is 78.6. The Balaban J connectivity index is 0.000000170. The van der Waals surface area contributed by atoms with Gasteiger partial charge < -0.3 is 68.3 Å². The average molecular weight is 1460 g/mol. The molecule has 0 radical (unpaired) electrons. The Morgan fingerprint density at radius 3 is 1.18 bits per heavy atom. The Hall–Kier alpha value is -11.0. The van der Waals surface area contributed by atoms with E-state index in [1.54, 1.807) is 94.7 Å². The number of likely N-dealkylation sites (tertiary alicyclic amines) is 1. The van der Waals surface area contributed by atoms with E-state index < -0.39 is 11.7 Å². The van der Waals surface area contributed by atoms with E-state index >= 15 is 0 Å². The van der Waals surface area contributed by atoms with Gasteiger partial charge in [-0.1, -0.05) is 28.7 Å². The van der Waals surface area contributed by atoms with Crippen molar-refractivity contribution in [3.63, 3.8) is 0 Å². The SMILES string of the molecule is C.C.COCC(O)CN(c1cc(OC)cc(OC)c1)c1ccc2ncc(-c3cnn(C)c3)nc2c1.COc1cc(OC)cc(N(CC2(O)CCNCC2)c2ccc3ncc(-c4cnn(C)c4)nc3c2)c1.COc1cc(OC)cc(N(CCN2C[C@H](C)C[C@@H](C)C2)c2ccc3ncc(-c4cnn(C)c4)nc3c2)c1. The van der Waals surface area contributed by atoms with Crippen molar-refractivity contribution in [1.29, 1.82) is 0 Å². The van der Waals surface area contributed by atoms with Crippen molar-refractivity contribution in [2.75, 3.05) is 123 Å². The molecule has 0 spiro atoms. The molecule has 3 atom stereocenters. The van der Waals surface area contributed by atoms with Crippen LogP contribution in [0.2, 0.25) is 0 Å². The summed E-state index contributed by atoms with van der Waals surface area (Å²) in [7, 11) is 17.1. The molecular weight excluding hydrogens is 1360 g/mol. The molecule has 1 unspecified atom stereocenters. The van der Waals surface area contributed by atoms with Crippen LogP contribution in [0.25, 0.3) is 66.9 Å². The van der Waals surface area contributed by atoms with Crippen LogP contribution in [-0.4, -0.2) is 195 Å². The van der Waals surface area contributed by atoms with Gasteiger partial charge in [-0.15, -0.1) is 0 Å². The first-order chi connectivity index (χ1) is 50.9. The molecule has 6 aromatic heterocycles. The second kappa shape index (κ2) is 35.8. The van der Waals surface area contributed by atoms with Crippen LogP contribution in [-0.2, 0) is 25.9 Å². The molecule has 14 rings (SSSR count). The number of benzene rings is 6. The molecule has 12 aromatic rings. The minimum atomic E-state index is -0.834. The maximum Gasteiger partial charge on any atom is 0.124 e. The standard InChI is InChI=1S/C29H36N6O2.C26H30N6O3.C24H27N5O4.2CH4/c1-20-10-21(2)18-34(17-20)8-9-35(24-11-25(36-4)14-26(12-24)37-5)23-6-7-27-28(13-23)32-29(16-30-27)22-15-31-33(3)19-22;1-31-16-18(14-29-31)25-15-28-23-5-4-19(12-24(23)30-25)32(17-26(33)6-8-27-9-7-26)20-10-21(34-2)13-22(11-20)35-3;1-28-13-16(11-26-28)24-12-25-22-6-5-17(9-23(22)27-24)29(14-19(30)15-31-2)18-7-20(32-3)10-21(8-18)33-4;;/h6-7,11-16,19-21H,8-10,17-18H2,1-5H3;4-5,10-16,27,33H,6-9,17H2,1-3H3;5-13,19,30H,14-15H2,1-4H3;2*1H4/t20-,21-;;;;/m1..../s1. The third-order valence-electron chi connectivity index (χ3n) is 18.8. The zero-order chi connectivity index (χ0) is 73.7. The van der Waals surface area contributed by atoms with Gasteiger partial charge in [0.25, 0.3) is 0 Å². The van der Waals surface area contributed by atoms with Crippen LogP contribution in [0.3, 0.4) is 0 Å². The van der Waals surface area contributed by atoms with Gasteiger partial charge >= 0.3 is 0 Å². The number of hydrogen-bond donors (Lipinski definition) is 3. The molecule has 8 heterocycles. The third kappa shape index (κ3) is 19.5. The van der Waals surface area contributed by atoms with Crippen molar-refractivity contribution in [2.24, 2.45) is 33.0 Å². The second-order valence-electron chi connectivity index (χ2n) is 26.8. The molecule has 107 heavy (non-hydrogen) atoms. The molecule has 6 aromatic carbocycles. The van der Waals surface area contributed by atoms with Crippen LogP contribution in [0.4, 0.5) is 34.1 Å². The number of hydrogen-bond acceptors (Lipinski definition) is 23. The van der Waals surface area contributed by atoms with E-state index in [1.165, 1.54) is 6.42 Å². The number of piperidine rings is 2. The number of nitrogens with one attached hydrogen (secondary N) is 1. The van der Waals surface area contributed by atoms with Gasteiger partial charge in [0.1, 0.15) is 34.5 Å². The highest BCUT2D eigenvalue weighted by atomic mass is 16.5. The minimum Gasteiger partial charge on any atom is -0.497 e. The van der Waals surface area contributed by atoms with Crippen molar-refractivity contribution >= 4 is 67.2 Å². The van der Waals surface area contributed by atoms with E-state index in [2.05, 4.69) is 88.4 Å². The fraction of sp³-hybridized carbons (Fsp3) is 0.370. The first-order valence-electron chi connectivity index (χ1n) is 35.0. The summed E-state index contributed by atoms with van der Waals surface area (Å²) >= 11 is 0. The summed E-state index contributed by atoms with van der Waals surface area (Å²) in [5.41, 5.74) is 14.5. The normalized spacial score (nSPS) is 15.0. The summed E-state index contributed by atoms with van der Waals surface area (Å²) in [6.07, 6.45) is 18.4. The van der Waals surface area contributed by atoms with Crippen LogP contribution in [0.5, 0.6) is 34.5 Å². The number of ether oxygens (including phenoxy) is 7. The minimum absolute atomic E-state index is 0. The highest BCUT2D eigenvalue weighted by Gasteiger charge is 2.33. The van der Waals surface area contributed by atoms with Crippen LogP contribution >= 0.6 is 0 Å². The Morgan fingerprint density at radius 1 is 0.467 bits per heavy atom. The largest absolute Gasteiger partial charge is 0.497 e. The topological polar surface area (TPSA) is 261 Å². The second-order valence-corrected chi connectivity index (χ2v) is 26.8. The molecule has 0 bridgehead atoms. The van der Waals surface area contributed by atoms with Gasteiger partial charge in [-0.05, 0) is 98.8 Å². The molecule has 2 saturated heterocycles. The maximum atomic E-state index is 11.4. The van der Waals surface area contributed by atoms with Crippen molar-refractivity contribution in [3.05, 3.63) is 165 Å². The number of aryl methyl sites for hydroxylation is 3. The lowest BCUT2D eigenvalue weighted by Crippen LogP contribution is -2.48. The number of nitrogens with zero attached hydrogens (tertiary/aromatic N) is 16. The van der Waals surface area contributed by atoms with E-state index in [1.807, 2.05) is 136 Å². The maximum absolute atomic E-state index is 11.4. The van der Waals surface area contributed by atoms with Gasteiger partial charge in [0, 0.05) is 178 Å². The van der Waals surface area contributed by atoms with Gasteiger partial charge in [-0.25, -0.2) is 15.0 Å². The zero-order valence-corrected chi connectivity index (χ0v) is 61.7. The predicted molar refractivity (Wildman–Crippen MR) is 423 cm³/mol. The van der Waals surface area contributed by atoms with Crippen LogP contribution in [0.15, 0.2) is 165 Å². The summed E-state index contributed by atoms with van der Waals surface area (Å²) in [6, 6.07) is 35.4. The highest BCUT2D eigenvalue weighted by Crippen LogP contribution is 2.40. The smallest absolute Gasteiger partial charge is 0.124 e. The Morgan fingerprint density at radius 2 is 0.822 bits per heavy atom. The van der Waals surface area contributed by atoms with Crippen LogP contribution < -0.4 is 48.4 Å². The summed E-state index contributed by atoms with van der Waals surface area (Å²) in [5, 5.41) is 38.1. The van der Waals surface area contributed by atoms with Gasteiger partial charge in [0.2, 0.25) is 0 Å². The summed E-state index contributed by atoms with van der Waals surface area (Å²) in [5.74, 6) is 5.62. The Kier molecular flexibility index (Phi) is 26.3. The fourth-order valence-corrected chi connectivity index (χ4v) is 13.5. The molecule has 2 aliphatic heterocycles. The number of anilines is 6. The summed E-state index contributed by atoms with van der Waals surface area (Å²) in [6.45, 7) is 11.3. The first-order valence-corrected chi connectivity index (χ1v) is 35.0. The van der Waals surface area contributed by atoms with Crippen LogP contribution in [0, 0.1) is 11.8 Å². The van der Waals surface area contributed by atoms with Gasteiger partial charge in [-0.2, -0.15) is 15.3 Å². The van der Waals surface area contributed by atoms with Crippen molar-refractivity contribution in [3.8, 4) is 68.3 Å². The zero-order valence-electron chi connectivity index (χ0n) is 61.7. The number of rotatable bonds is 24. The van der Waals surface area contributed by atoms with E-state index in [-0.39, 0.29) is 21.5 Å². The molecular formula is C81H101N17O9. The van der Waals surface area contributed by atoms with E-state index in [9.17, 15) is 10.2 Å². The summed E-state index contributed by atoms with van der Waals surface area (Å²) < 4.78 is 43.5. The monoisotopic (exact) mass is 1460 g/mol. The molecule has 0 amide bonds. The Bertz CT molecular complexity index is 4830. The van der Waals surface area contributed by atoms with Crippen molar-refractivity contribution < 1.29 is 43.4 Å². The molecule has 0 saturated carbocycles.